The van der Waals surface area contributed by atoms with Crippen LogP contribution < -0.4 is 16.6 Å². The molecule has 0 atom stereocenters. The molecule has 2 N–H and O–H groups in total. The molecule has 11 nitrogen and oxygen atoms in total. The number of aromatic amines is 1. The van der Waals surface area contributed by atoms with Gasteiger partial charge in [0, 0.05) is 25.1 Å². The van der Waals surface area contributed by atoms with Gasteiger partial charge < -0.3 is 19.0 Å². The van der Waals surface area contributed by atoms with E-state index in [4.69, 9.17) is 9.15 Å². The summed E-state index contributed by atoms with van der Waals surface area (Å²) in [7, 11) is 0. The van der Waals surface area contributed by atoms with E-state index in [1.807, 2.05) is 6.92 Å². The highest BCUT2D eigenvalue weighted by molar-refractivity contribution is 6.05. The van der Waals surface area contributed by atoms with Gasteiger partial charge in [0.2, 0.25) is 0 Å². The van der Waals surface area contributed by atoms with Gasteiger partial charge in [-0.25, -0.2) is 9.59 Å². The average Bonchev–Trinajstić information content (AvgIpc) is 3.16. The van der Waals surface area contributed by atoms with Gasteiger partial charge in [-0.05, 0) is 45.4 Å². The van der Waals surface area contributed by atoms with E-state index in [-0.39, 0.29) is 23.6 Å². The van der Waals surface area contributed by atoms with E-state index in [9.17, 15) is 19.2 Å². The van der Waals surface area contributed by atoms with Crippen LogP contribution in [0.25, 0.3) is 10.9 Å². The lowest BCUT2D eigenvalue weighted by molar-refractivity contribution is 0.0208. The Kier molecular flexibility index (Phi) is 6.03. The van der Waals surface area contributed by atoms with Crippen LogP contribution in [0, 0.1) is 0 Å². The van der Waals surface area contributed by atoms with Crippen molar-refractivity contribution in [3.8, 4) is 0 Å². The molecule has 0 fully saturated rings. The fourth-order valence-corrected chi connectivity index (χ4v) is 3.72. The van der Waals surface area contributed by atoms with Gasteiger partial charge in [0.1, 0.15) is 11.4 Å². The number of H-pyrrole nitrogens is 1. The van der Waals surface area contributed by atoms with Gasteiger partial charge in [-0.3, -0.25) is 19.5 Å². The Morgan fingerprint density at radius 2 is 2.03 bits per heavy atom. The maximum absolute atomic E-state index is 12.8. The van der Waals surface area contributed by atoms with Crippen molar-refractivity contribution in [2.45, 2.75) is 59.2 Å². The molecule has 0 saturated heterocycles. The zero-order chi connectivity index (χ0) is 24.6. The van der Waals surface area contributed by atoms with Gasteiger partial charge in [-0.2, -0.15) is 4.98 Å². The molecule has 11 heteroatoms. The van der Waals surface area contributed by atoms with Gasteiger partial charge >= 0.3 is 17.8 Å². The van der Waals surface area contributed by atoms with E-state index >= 15 is 0 Å². The molecule has 1 aliphatic heterocycles. The highest BCUT2D eigenvalue weighted by atomic mass is 16.6. The normalized spacial score (nSPS) is 13.6. The smallest absolute Gasteiger partial charge is 0.410 e. The van der Waals surface area contributed by atoms with Gasteiger partial charge in [-0.15, -0.1) is 0 Å². The number of aromatic nitrogens is 3. The number of carbonyl (C=O) groups is 2. The summed E-state index contributed by atoms with van der Waals surface area (Å²) >= 11 is 0. The fraction of sp³-hybridized carbons (Fsp3) is 0.435. The van der Waals surface area contributed by atoms with Crippen molar-refractivity contribution in [3.05, 3.63) is 56.1 Å². The number of oxazole rings is 1. The van der Waals surface area contributed by atoms with Crippen molar-refractivity contribution in [2.24, 2.45) is 0 Å². The molecular formula is C23H27N5O6. The van der Waals surface area contributed by atoms with Crippen LogP contribution in [0.3, 0.4) is 0 Å². The van der Waals surface area contributed by atoms with E-state index in [1.54, 1.807) is 20.8 Å². The maximum atomic E-state index is 12.8. The van der Waals surface area contributed by atoms with Crippen molar-refractivity contribution in [1.82, 2.24) is 19.4 Å². The molecule has 180 valence electrons. The molecule has 0 radical (unpaired) electrons. The van der Waals surface area contributed by atoms with Gasteiger partial charge in [0.05, 0.1) is 23.1 Å². The molecular weight excluding hydrogens is 442 g/mol. The predicted octanol–water partition coefficient (Wildman–Crippen LogP) is 2.63. The van der Waals surface area contributed by atoms with Gasteiger partial charge in [-0.1, -0.05) is 6.92 Å². The fourth-order valence-electron chi connectivity index (χ4n) is 3.72. The molecule has 3 heterocycles. The van der Waals surface area contributed by atoms with Crippen LogP contribution in [0.15, 0.2) is 32.2 Å². The Balaban J connectivity index is 1.51. The number of nitrogens with zero attached hydrogens (tertiary/aromatic N) is 3. The molecule has 0 spiro atoms. The molecule has 0 unspecified atom stereocenters. The summed E-state index contributed by atoms with van der Waals surface area (Å²) in [6.07, 6.45) is 0.670. The number of fused-ring (bicyclic) bond motifs is 2. The Morgan fingerprint density at radius 3 is 2.74 bits per heavy atom. The van der Waals surface area contributed by atoms with Crippen molar-refractivity contribution in [3.63, 3.8) is 0 Å². The summed E-state index contributed by atoms with van der Waals surface area (Å²) in [5.74, 6) is -0.0326. The minimum absolute atomic E-state index is 0.00740. The Bertz CT molecular complexity index is 1380. The number of hydrogen-bond donors (Lipinski definition) is 2. The summed E-state index contributed by atoms with van der Waals surface area (Å²) in [5, 5.41) is 2.91. The molecule has 4 rings (SSSR count). The number of ether oxygens (including phenoxy) is 1. The van der Waals surface area contributed by atoms with Crippen LogP contribution in [0.5, 0.6) is 0 Å². The Hall–Kier alpha value is -3.89. The van der Waals surface area contributed by atoms with E-state index in [1.165, 1.54) is 23.1 Å². The van der Waals surface area contributed by atoms with E-state index in [2.05, 4.69) is 15.3 Å². The van der Waals surface area contributed by atoms with Crippen LogP contribution in [0.1, 0.15) is 55.9 Å². The lowest BCUT2D eigenvalue weighted by Gasteiger charge is -2.28. The molecule has 0 aliphatic carbocycles. The first-order chi connectivity index (χ1) is 16.1. The highest BCUT2D eigenvalue weighted by Crippen LogP contribution is 2.24. The van der Waals surface area contributed by atoms with Crippen LogP contribution in [-0.4, -0.2) is 43.6 Å². The molecule has 1 aromatic carbocycles. The van der Waals surface area contributed by atoms with Crippen molar-refractivity contribution in [2.75, 3.05) is 11.9 Å². The third kappa shape index (κ3) is 4.73. The largest absolute Gasteiger partial charge is 0.444 e. The second-order valence-corrected chi connectivity index (χ2v) is 9.14. The molecule has 3 aromatic rings. The maximum Gasteiger partial charge on any atom is 0.410 e. The van der Waals surface area contributed by atoms with Gasteiger partial charge in [0.15, 0.2) is 0 Å². The molecule has 0 saturated carbocycles. The topological polar surface area (TPSA) is 140 Å². The number of amides is 2. The van der Waals surface area contributed by atoms with Crippen molar-refractivity contribution in [1.29, 1.82) is 0 Å². The minimum Gasteiger partial charge on any atom is -0.444 e. The van der Waals surface area contributed by atoms with E-state index in [0.29, 0.717) is 42.8 Å². The quantitative estimate of drug-likeness (QED) is 0.599. The zero-order valence-electron chi connectivity index (χ0n) is 19.6. The minimum atomic E-state index is -0.606. The van der Waals surface area contributed by atoms with Gasteiger partial charge in [0.25, 0.3) is 11.5 Å². The number of rotatable bonds is 4. The SMILES string of the molecule is CCCn1c(=O)[nH]c2cc(C(=O)Nc3nc4c(o3)CN(C(=O)OC(C)(C)C)CC4)ccc2c1=O. The van der Waals surface area contributed by atoms with Crippen molar-refractivity contribution < 1.29 is 18.7 Å². The average molecular weight is 469 g/mol. The number of benzene rings is 1. The first-order valence-corrected chi connectivity index (χ1v) is 11.1. The number of hydrogen-bond acceptors (Lipinski definition) is 7. The third-order valence-electron chi connectivity index (χ3n) is 5.29. The molecule has 2 aromatic heterocycles. The van der Waals surface area contributed by atoms with Crippen LogP contribution in [0.4, 0.5) is 10.8 Å². The summed E-state index contributed by atoms with van der Waals surface area (Å²) in [6.45, 7) is 8.19. The second-order valence-electron chi connectivity index (χ2n) is 9.14. The number of nitrogens with one attached hydrogen (secondary N) is 2. The highest BCUT2D eigenvalue weighted by Gasteiger charge is 2.29. The monoisotopic (exact) mass is 469 g/mol. The van der Waals surface area contributed by atoms with Crippen molar-refractivity contribution >= 4 is 28.9 Å². The van der Waals surface area contributed by atoms with E-state index in [0.717, 1.165) is 4.57 Å². The zero-order valence-corrected chi connectivity index (χ0v) is 19.6. The predicted molar refractivity (Wildman–Crippen MR) is 124 cm³/mol. The molecule has 2 amide bonds. The summed E-state index contributed by atoms with van der Waals surface area (Å²) in [5.41, 5.74) is -0.369. The van der Waals surface area contributed by atoms with Crippen LogP contribution in [-0.2, 0) is 24.2 Å². The third-order valence-corrected chi connectivity index (χ3v) is 5.29. The molecule has 34 heavy (non-hydrogen) atoms. The molecule has 0 bridgehead atoms. The summed E-state index contributed by atoms with van der Waals surface area (Å²) in [6, 6.07) is 4.46. The van der Waals surface area contributed by atoms with Crippen LogP contribution in [0.2, 0.25) is 0 Å². The second kappa shape index (κ2) is 8.81. The first kappa shape index (κ1) is 23.3. The Labute approximate surface area is 194 Å². The first-order valence-electron chi connectivity index (χ1n) is 11.1. The standard InChI is InChI=1S/C23H27N5O6/c1-5-9-28-19(30)14-7-6-13(11-16(14)25-21(28)31)18(29)26-20-24-15-8-10-27(12-17(15)33-20)22(32)34-23(2,3)4/h6-7,11H,5,8-10,12H2,1-4H3,(H,25,31)(H,24,26,29). The molecule has 1 aliphatic rings. The number of anilines is 1. The van der Waals surface area contributed by atoms with Crippen LogP contribution >= 0.6 is 0 Å². The summed E-state index contributed by atoms with van der Waals surface area (Å²) in [4.78, 5) is 58.4. The Morgan fingerprint density at radius 1 is 1.26 bits per heavy atom. The lowest BCUT2D eigenvalue weighted by Crippen LogP contribution is -2.39. The lowest BCUT2D eigenvalue weighted by atomic mass is 10.1. The number of carbonyl (C=O) groups excluding carboxylic acids is 2. The van der Waals surface area contributed by atoms with E-state index < -0.39 is 28.9 Å². The summed E-state index contributed by atoms with van der Waals surface area (Å²) < 4.78 is 12.2.